The molecule has 1 aliphatic carbocycles. The van der Waals surface area contributed by atoms with Crippen LogP contribution in [-0.2, 0) is 0 Å². The van der Waals surface area contributed by atoms with Gasteiger partial charge in [-0.05, 0) is 25.0 Å². The zero-order chi connectivity index (χ0) is 12.0. The van der Waals surface area contributed by atoms with Gasteiger partial charge >= 0.3 is 0 Å². The van der Waals surface area contributed by atoms with Crippen molar-refractivity contribution in [3.8, 4) is 11.4 Å². The van der Waals surface area contributed by atoms with Crippen molar-refractivity contribution in [1.29, 1.82) is 0 Å². The molecule has 0 spiro atoms. The number of benzene rings is 1. The number of nitrogens with one attached hydrogen (secondary N) is 1. The molecule has 0 bridgehead atoms. The number of hydrogen-bond acceptors (Lipinski definition) is 2. The standard InChI is InChI=1S/C11H8BrF2N3/c12-6-3-7(13)9(8(14)4-6)11-15-10(16-17-11)5-1-2-5/h3-5H,1-2H2,(H,15,16,17). The quantitative estimate of drug-likeness (QED) is 0.923. The lowest BCUT2D eigenvalue weighted by atomic mass is 10.2. The third kappa shape index (κ3) is 1.97. The molecule has 88 valence electrons. The fourth-order valence-corrected chi connectivity index (χ4v) is 2.08. The average molecular weight is 300 g/mol. The number of halogens is 3. The Labute approximate surface area is 104 Å². The molecule has 0 amide bonds. The minimum absolute atomic E-state index is 0.0781. The van der Waals surface area contributed by atoms with Crippen LogP contribution in [0.5, 0.6) is 0 Å². The Bertz CT molecular complexity index is 555. The summed E-state index contributed by atoms with van der Waals surface area (Å²) >= 11 is 3.03. The van der Waals surface area contributed by atoms with Crippen molar-refractivity contribution >= 4 is 15.9 Å². The third-order valence-electron chi connectivity index (χ3n) is 2.70. The first-order valence-corrected chi connectivity index (χ1v) is 6.01. The van der Waals surface area contributed by atoms with Crippen LogP contribution in [0, 0.1) is 11.6 Å². The average Bonchev–Trinajstić information content (AvgIpc) is 2.98. The van der Waals surface area contributed by atoms with Crippen LogP contribution >= 0.6 is 15.9 Å². The molecule has 1 aliphatic rings. The van der Waals surface area contributed by atoms with Gasteiger partial charge in [0.2, 0.25) is 0 Å². The Kier molecular flexibility index (Phi) is 2.47. The van der Waals surface area contributed by atoms with Gasteiger partial charge in [-0.2, -0.15) is 5.10 Å². The molecular weight excluding hydrogens is 292 g/mol. The Morgan fingerprint density at radius 3 is 2.47 bits per heavy atom. The fraction of sp³-hybridized carbons (Fsp3) is 0.273. The maximum atomic E-state index is 13.7. The van der Waals surface area contributed by atoms with Crippen molar-refractivity contribution < 1.29 is 8.78 Å². The lowest BCUT2D eigenvalue weighted by Crippen LogP contribution is -1.92. The molecule has 0 radical (unpaired) electrons. The Balaban J connectivity index is 2.07. The minimum atomic E-state index is -0.668. The van der Waals surface area contributed by atoms with E-state index in [1.807, 2.05) is 0 Å². The number of aromatic nitrogens is 3. The third-order valence-corrected chi connectivity index (χ3v) is 3.16. The van der Waals surface area contributed by atoms with E-state index in [0.29, 0.717) is 16.2 Å². The van der Waals surface area contributed by atoms with E-state index >= 15 is 0 Å². The molecule has 0 saturated heterocycles. The van der Waals surface area contributed by atoms with Crippen LogP contribution in [0.4, 0.5) is 8.78 Å². The molecule has 1 N–H and O–H groups in total. The molecule has 2 aromatic rings. The highest BCUT2D eigenvalue weighted by molar-refractivity contribution is 9.10. The maximum Gasteiger partial charge on any atom is 0.187 e. The SMILES string of the molecule is Fc1cc(Br)cc(F)c1-c1n[nH]c(C2CC2)n1. The highest BCUT2D eigenvalue weighted by Gasteiger charge is 2.28. The summed E-state index contributed by atoms with van der Waals surface area (Å²) in [7, 11) is 0. The zero-order valence-corrected chi connectivity index (χ0v) is 10.3. The summed E-state index contributed by atoms with van der Waals surface area (Å²) in [6, 6.07) is 2.40. The van der Waals surface area contributed by atoms with Gasteiger partial charge in [0.25, 0.3) is 0 Å². The van der Waals surface area contributed by atoms with Gasteiger partial charge in [-0.25, -0.2) is 13.8 Å². The van der Waals surface area contributed by atoms with Gasteiger partial charge in [-0.1, -0.05) is 15.9 Å². The highest BCUT2D eigenvalue weighted by atomic mass is 79.9. The van der Waals surface area contributed by atoms with Crippen LogP contribution in [-0.4, -0.2) is 15.2 Å². The van der Waals surface area contributed by atoms with E-state index in [1.165, 1.54) is 12.1 Å². The van der Waals surface area contributed by atoms with Gasteiger partial charge < -0.3 is 0 Å². The largest absolute Gasteiger partial charge is 0.262 e. The summed E-state index contributed by atoms with van der Waals surface area (Å²) in [6.07, 6.45) is 2.11. The summed E-state index contributed by atoms with van der Waals surface area (Å²) in [5, 5.41) is 6.60. The smallest absolute Gasteiger partial charge is 0.187 e. The van der Waals surface area contributed by atoms with Crippen molar-refractivity contribution in [2.75, 3.05) is 0 Å². The molecule has 17 heavy (non-hydrogen) atoms. The zero-order valence-electron chi connectivity index (χ0n) is 8.67. The lowest BCUT2D eigenvalue weighted by molar-refractivity contribution is 0.586. The van der Waals surface area contributed by atoms with Crippen LogP contribution in [0.3, 0.4) is 0 Å². The number of rotatable bonds is 2. The van der Waals surface area contributed by atoms with Crippen molar-refractivity contribution in [1.82, 2.24) is 15.2 Å². The molecule has 1 saturated carbocycles. The normalized spacial score (nSPS) is 15.2. The summed E-state index contributed by atoms with van der Waals surface area (Å²) < 4.78 is 27.7. The van der Waals surface area contributed by atoms with Crippen LogP contribution in [0.25, 0.3) is 11.4 Å². The minimum Gasteiger partial charge on any atom is -0.262 e. The highest BCUT2D eigenvalue weighted by Crippen LogP contribution is 2.38. The Hall–Kier alpha value is -1.30. The fourth-order valence-electron chi connectivity index (χ4n) is 1.68. The van der Waals surface area contributed by atoms with E-state index in [2.05, 4.69) is 31.1 Å². The van der Waals surface area contributed by atoms with Crippen molar-refractivity contribution in [2.24, 2.45) is 0 Å². The molecular formula is C11H8BrF2N3. The molecule has 0 aliphatic heterocycles. The van der Waals surface area contributed by atoms with Crippen molar-refractivity contribution in [2.45, 2.75) is 18.8 Å². The molecule has 1 aromatic carbocycles. The summed E-state index contributed by atoms with van der Waals surface area (Å²) in [6.45, 7) is 0. The summed E-state index contributed by atoms with van der Waals surface area (Å²) in [5.41, 5.74) is -0.184. The number of hydrogen-bond donors (Lipinski definition) is 1. The van der Waals surface area contributed by atoms with Crippen molar-refractivity contribution in [3.05, 3.63) is 34.1 Å². The number of aromatic amines is 1. The van der Waals surface area contributed by atoms with Gasteiger partial charge in [0.15, 0.2) is 5.82 Å². The van der Waals surface area contributed by atoms with Gasteiger partial charge in [-0.3, -0.25) is 5.10 Å². The van der Waals surface area contributed by atoms with E-state index < -0.39 is 11.6 Å². The lowest BCUT2D eigenvalue weighted by Gasteiger charge is -2.01. The van der Waals surface area contributed by atoms with Gasteiger partial charge in [0, 0.05) is 10.4 Å². The first kappa shape index (κ1) is 10.8. The molecule has 1 fully saturated rings. The van der Waals surface area contributed by atoms with Gasteiger partial charge in [0.1, 0.15) is 17.5 Å². The first-order valence-electron chi connectivity index (χ1n) is 5.22. The van der Waals surface area contributed by atoms with E-state index in [4.69, 9.17) is 0 Å². The molecule has 0 atom stereocenters. The molecule has 3 rings (SSSR count). The predicted octanol–water partition coefficient (Wildman–Crippen LogP) is 3.39. The van der Waals surface area contributed by atoms with E-state index in [0.717, 1.165) is 12.8 Å². The van der Waals surface area contributed by atoms with E-state index in [-0.39, 0.29) is 11.4 Å². The van der Waals surface area contributed by atoms with Gasteiger partial charge in [-0.15, -0.1) is 0 Å². The second-order valence-corrected chi connectivity index (χ2v) is 4.98. The molecule has 1 heterocycles. The van der Waals surface area contributed by atoms with E-state index in [1.54, 1.807) is 0 Å². The predicted molar refractivity (Wildman–Crippen MR) is 61.4 cm³/mol. The monoisotopic (exact) mass is 299 g/mol. The van der Waals surface area contributed by atoms with Crippen LogP contribution < -0.4 is 0 Å². The molecule has 1 aromatic heterocycles. The first-order chi connectivity index (χ1) is 8.15. The topological polar surface area (TPSA) is 41.6 Å². The number of H-pyrrole nitrogens is 1. The van der Waals surface area contributed by atoms with Gasteiger partial charge in [0.05, 0.1) is 5.56 Å². The summed E-state index contributed by atoms with van der Waals surface area (Å²) in [4.78, 5) is 4.13. The Morgan fingerprint density at radius 1 is 1.24 bits per heavy atom. The molecule has 6 heteroatoms. The van der Waals surface area contributed by atoms with Crippen molar-refractivity contribution in [3.63, 3.8) is 0 Å². The Morgan fingerprint density at radius 2 is 1.88 bits per heavy atom. The second-order valence-electron chi connectivity index (χ2n) is 4.06. The maximum absolute atomic E-state index is 13.7. The van der Waals surface area contributed by atoms with Crippen LogP contribution in [0.1, 0.15) is 24.6 Å². The van der Waals surface area contributed by atoms with Crippen LogP contribution in [0.15, 0.2) is 16.6 Å². The van der Waals surface area contributed by atoms with Crippen LogP contribution in [0.2, 0.25) is 0 Å². The second kappa shape index (κ2) is 3.87. The number of nitrogens with zero attached hydrogens (tertiary/aromatic N) is 2. The molecule has 0 unspecified atom stereocenters. The van der Waals surface area contributed by atoms with E-state index in [9.17, 15) is 8.78 Å². The molecule has 3 nitrogen and oxygen atoms in total. The summed E-state index contributed by atoms with van der Waals surface area (Å²) in [5.74, 6) is -0.176.